The van der Waals surface area contributed by atoms with Crippen LogP contribution in [0.5, 0.6) is 0 Å². The summed E-state index contributed by atoms with van der Waals surface area (Å²) >= 11 is 2.32. The molecule has 0 unspecified atom stereocenters. The second kappa shape index (κ2) is 5.09. The summed E-state index contributed by atoms with van der Waals surface area (Å²) in [6.45, 7) is 2.85. The minimum absolute atomic E-state index is 0.879. The summed E-state index contributed by atoms with van der Waals surface area (Å²) in [5, 5.41) is 2.06. The minimum atomic E-state index is 0.879. The first-order valence-electron chi connectivity index (χ1n) is 4.97. The van der Waals surface area contributed by atoms with Gasteiger partial charge in [0.25, 0.3) is 0 Å². The smallest absolute Gasteiger partial charge is 0.0685 e. The number of hydrogen-bond acceptors (Lipinski definition) is 2. The maximum absolute atomic E-state index is 5.54. The average molecular weight is 303 g/mol. The van der Waals surface area contributed by atoms with Crippen LogP contribution in [0.2, 0.25) is 0 Å². The Morgan fingerprint density at radius 2 is 2.00 bits per heavy atom. The Balaban J connectivity index is 1.92. The summed E-state index contributed by atoms with van der Waals surface area (Å²) in [4.78, 5) is 5.54. The molecule has 0 saturated carbocycles. The van der Waals surface area contributed by atoms with Gasteiger partial charge in [0.05, 0.1) is 6.61 Å². The van der Waals surface area contributed by atoms with Crippen molar-refractivity contribution < 1.29 is 4.84 Å². The summed E-state index contributed by atoms with van der Waals surface area (Å²) in [6, 6.07) is 8.61. The van der Waals surface area contributed by atoms with E-state index in [1.165, 1.54) is 22.0 Å². The fourth-order valence-electron chi connectivity index (χ4n) is 1.57. The van der Waals surface area contributed by atoms with Crippen LogP contribution in [0.1, 0.15) is 18.4 Å². The number of benzene rings is 1. The normalized spacial score (nSPS) is 18.4. The van der Waals surface area contributed by atoms with Crippen molar-refractivity contribution in [3.8, 4) is 0 Å². The Labute approximate surface area is 98.3 Å². The molecule has 0 aromatic heterocycles. The van der Waals surface area contributed by atoms with Crippen molar-refractivity contribution in [2.24, 2.45) is 0 Å². The van der Waals surface area contributed by atoms with E-state index in [-0.39, 0.29) is 0 Å². The lowest BCUT2D eigenvalue weighted by Crippen LogP contribution is -2.29. The Bertz CT molecular complexity index is 280. The lowest BCUT2D eigenvalue weighted by molar-refractivity contribution is -0.187. The van der Waals surface area contributed by atoms with Crippen LogP contribution in [0, 0.1) is 3.57 Å². The molecular formula is C11H14INO. The molecule has 2 nitrogen and oxygen atoms in total. The first-order valence-corrected chi connectivity index (χ1v) is 6.05. The average Bonchev–Trinajstić information content (AvgIpc) is 2.23. The molecule has 2 rings (SSSR count). The van der Waals surface area contributed by atoms with Gasteiger partial charge in [-0.25, -0.2) is 0 Å². The van der Waals surface area contributed by atoms with E-state index in [4.69, 9.17) is 4.84 Å². The largest absolute Gasteiger partial charge is 0.299 e. The zero-order valence-electron chi connectivity index (χ0n) is 8.08. The van der Waals surface area contributed by atoms with Crippen LogP contribution in [0.4, 0.5) is 0 Å². The number of nitrogens with zero attached hydrogens (tertiary/aromatic N) is 1. The molecule has 0 spiro atoms. The monoisotopic (exact) mass is 303 g/mol. The maximum Gasteiger partial charge on any atom is 0.0685 e. The standard InChI is InChI=1S/C11H14INO/c12-11-5-3-10(4-6-11)9-13-7-1-2-8-14-13/h3-6H,1-2,7-9H2. The van der Waals surface area contributed by atoms with Gasteiger partial charge in [-0.15, -0.1) is 0 Å². The maximum atomic E-state index is 5.54. The SMILES string of the molecule is Ic1ccc(CN2CCCCO2)cc1. The highest BCUT2D eigenvalue weighted by Gasteiger charge is 2.10. The summed E-state index contributed by atoms with van der Waals surface area (Å²) in [7, 11) is 0. The molecule has 1 aliphatic rings. The van der Waals surface area contributed by atoms with Gasteiger partial charge in [-0.1, -0.05) is 12.1 Å². The van der Waals surface area contributed by atoms with Gasteiger partial charge in [-0.3, -0.25) is 4.84 Å². The zero-order chi connectivity index (χ0) is 9.80. The summed E-state index contributed by atoms with van der Waals surface area (Å²) < 4.78 is 1.28. The molecule has 1 fully saturated rings. The lowest BCUT2D eigenvalue weighted by atomic mass is 10.2. The highest BCUT2D eigenvalue weighted by atomic mass is 127. The molecule has 0 bridgehead atoms. The minimum Gasteiger partial charge on any atom is -0.299 e. The molecule has 1 heterocycles. The number of rotatable bonds is 2. The van der Waals surface area contributed by atoms with Crippen molar-refractivity contribution in [1.82, 2.24) is 5.06 Å². The lowest BCUT2D eigenvalue weighted by Gasteiger charge is -2.25. The van der Waals surface area contributed by atoms with Gasteiger partial charge < -0.3 is 0 Å². The van der Waals surface area contributed by atoms with E-state index in [1.807, 2.05) is 0 Å². The molecular weight excluding hydrogens is 289 g/mol. The first-order chi connectivity index (χ1) is 6.84. The van der Waals surface area contributed by atoms with Crippen molar-refractivity contribution >= 4 is 22.6 Å². The Morgan fingerprint density at radius 3 is 2.64 bits per heavy atom. The fourth-order valence-corrected chi connectivity index (χ4v) is 1.93. The van der Waals surface area contributed by atoms with Gasteiger partial charge in [0, 0.05) is 16.7 Å². The van der Waals surface area contributed by atoms with E-state index in [2.05, 4.69) is 51.9 Å². The van der Waals surface area contributed by atoms with Gasteiger partial charge in [0.1, 0.15) is 0 Å². The summed E-state index contributed by atoms with van der Waals surface area (Å²) in [6.07, 6.45) is 2.45. The summed E-state index contributed by atoms with van der Waals surface area (Å²) in [5.41, 5.74) is 1.33. The van der Waals surface area contributed by atoms with E-state index >= 15 is 0 Å². The molecule has 0 radical (unpaired) electrons. The van der Waals surface area contributed by atoms with Crippen LogP contribution in [0.15, 0.2) is 24.3 Å². The van der Waals surface area contributed by atoms with Gasteiger partial charge >= 0.3 is 0 Å². The molecule has 1 aliphatic heterocycles. The molecule has 1 aromatic carbocycles. The van der Waals surface area contributed by atoms with Crippen molar-refractivity contribution in [2.45, 2.75) is 19.4 Å². The van der Waals surface area contributed by atoms with E-state index in [1.54, 1.807) is 0 Å². The van der Waals surface area contributed by atoms with Gasteiger partial charge in [0.2, 0.25) is 0 Å². The third kappa shape index (κ3) is 2.93. The molecule has 76 valence electrons. The molecule has 0 aliphatic carbocycles. The quantitative estimate of drug-likeness (QED) is 0.779. The molecule has 0 N–H and O–H groups in total. The van der Waals surface area contributed by atoms with E-state index in [9.17, 15) is 0 Å². The molecule has 1 aromatic rings. The van der Waals surface area contributed by atoms with Crippen LogP contribution in [0.25, 0.3) is 0 Å². The first kappa shape index (κ1) is 10.4. The van der Waals surface area contributed by atoms with Crippen molar-refractivity contribution in [3.05, 3.63) is 33.4 Å². The number of hydroxylamine groups is 2. The Morgan fingerprint density at radius 1 is 1.21 bits per heavy atom. The van der Waals surface area contributed by atoms with Crippen molar-refractivity contribution in [2.75, 3.05) is 13.2 Å². The Hall–Kier alpha value is -0.130. The third-order valence-electron chi connectivity index (χ3n) is 2.35. The van der Waals surface area contributed by atoms with E-state index < -0.39 is 0 Å². The topological polar surface area (TPSA) is 12.5 Å². The number of halogens is 1. The second-order valence-electron chi connectivity index (χ2n) is 3.53. The summed E-state index contributed by atoms with van der Waals surface area (Å²) in [5.74, 6) is 0. The van der Waals surface area contributed by atoms with Crippen LogP contribution < -0.4 is 0 Å². The van der Waals surface area contributed by atoms with Crippen LogP contribution in [-0.4, -0.2) is 18.2 Å². The van der Waals surface area contributed by atoms with Gasteiger partial charge in [-0.05, 0) is 53.1 Å². The van der Waals surface area contributed by atoms with Gasteiger partial charge in [0.15, 0.2) is 0 Å². The van der Waals surface area contributed by atoms with Gasteiger partial charge in [-0.2, -0.15) is 5.06 Å². The highest BCUT2D eigenvalue weighted by molar-refractivity contribution is 14.1. The molecule has 14 heavy (non-hydrogen) atoms. The van der Waals surface area contributed by atoms with E-state index in [0.717, 1.165) is 19.7 Å². The predicted molar refractivity (Wildman–Crippen MR) is 64.8 cm³/mol. The predicted octanol–water partition coefficient (Wildman–Crippen LogP) is 2.82. The Kier molecular flexibility index (Phi) is 3.78. The highest BCUT2D eigenvalue weighted by Crippen LogP contribution is 2.12. The van der Waals surface area contributed by atoms with Crippen LogP contribution >= 0.6 is 22.6 Å². The molecule has 3 heteroatoms. The number of hydrogen-bond donors (Lipinski definition) is 0. The van der Waals surface area contributed by atoms with Crippen molar-refractivity contribution in [3.63, 3.8) is 0 Å². The molecule has 1 saturated heterocycles. The van der Waals surface area contributed by atoms with Crippen LogP contribution in [0.3, 0.4) is 0 Å². The third-order valence-corrected chi connectivity index (χ3v) is 3.07. The second-order valence-corrected chi connectivity index (χ2v) is 4.78. The van der Waals surface area contributed by atoms with E-state index in [0.29, 0.717) is 0 Å². The van der Waals surface area contributed by atoms with Crippen LogP contribution in [-0.2, 0) is 11.4 Å². The van der Waals surface area contributed by atoms with Crippen molar-refractivity contribution in [1.29, 1.82) is 0 Å². The molecule has 0 amide bonds. The molecule has 0 atom stereocenters. The fraction of sp³-hybridized carbons (Fsp3) is 0.455. The zero-order valence-corrected chi connectivity index (χ0v) is 10.2.